The number of hydrogen-bond acceptors (Lipinski definition) is 3. The van der Waals surface area contributed by atoms with Gasteiger partial charge in [0.05, 0.1) is 13.2 Å². The molecule has 0 heterocycles. The first-order chi connectivity index (χ1) is 10.1. The molecule has 1 atom stereocenters. The van der Waals surface area contributed by atoms with E-state index in [4.69, 9.17) is 22.1 Å². The van der Waals surface area contributed by atoms with Crippen molar-refractivity contribution in [3.05, 3.63) is 70.7 Å². The maximum absolute atomic E-state index is 10.8. The van der Waals surface area contributed by atoms with Crippen LogP contribution in [-0.2, 0) is 16.9 Å². The topological polar surface area (TPSA) is 55.5 Å². The minimum Gasteiger partial charge on any atom is -0.383 e. The van der Waals surface area contributed by atoms with E-state index in [1.54, 1.807) is 0 Å². The van der Waals surface area contributed by atoms with Crippen LogP contribution >= 0.6 is 11.6 Å². The minimum absolute atomic E-state index is 0.205. The largest absolute Gasteiger partial charge is 0.383 e. The Balaban J connectivity index is 1.98. The van der Waals surface area contributed by atoms with E-state index in [1.807, 2.05) is 54.6 Å². The average Bonchev–Trinajstić information content (AvgIpc) is 2.50. The molecule has 0 spiro atoms. The first-order valence-electron chi connectivity index (χ1n) is 6.94. The van der Waals surface area contributed by atoms with Crippen molar-refractivity contribution in [2.75, 3.05) is 13.2 Å². The molecule has 2 rings (SSSR count). The number of halogens is 1. The molecule has 21 heavy (non-hydrogen) atoms. The minimum atomic E-state index is -1.05. The highest BCUT2D eigenvalue weighted by atomic mass is 35.5. The summed E-state index contributed by atoms with van der Waals surface area (Å²) in [4.78, 5) is 0. The lowest BCUT2D eigenvalue weighted by molar-refractivity contribution is -0.0602. The average molecular weight is 306 g/mol. The summed E-state index contributed by atoms with van der Waals surface area (Å²) in [5.41, 5.74) is 6.41. The second-order valence-corrected chi connectivity index (χ2v) is 5.49. The van der Waals surface area contributed by atoms with Gasteiger partial charge in [-0.15, -0.1) is 0 Å². The van der Waals surface area contributed by atoms with Crippen LogP contribution in [0.3, 0.4) is 0 Å². The van der Waals surface area contributed by atoms with Gasteiger partial charge in [-0.25, -0.2) is 0 Å². The van der Waals surface area contributed by atoms with Crippen molar-refractivity contribution in [1.29, 1.82) is 0 Å². The highest BCUT2D eigenvalue weighted by Gasteiger charge is 2.28. The van der Waals surface area contributed by atoms with Crippen LogP contribution < -0.4 is 5.73 Å². The first kappa shape index (κ1) is 16.0. The Labute approximate surface area is 130 Å². The molecule has 3 nitrogen and oxygen atoms in total. The molecule has 0 fully saturated rings. The molecule has 0 aliphatic heterocycles. The van der Waals surface area contributed by atoms with Crippen LogP contribution in [0.1, 0.15) is 17.5 Å². The summed E-state index contributed by atoms with van der Waals surface area (Å²) in [5, 5.41) is 11.5. The summed E-state index contributed by atoms with van der Waals surface area (Å²) in [6.07, 6.45) is 0.456. The van der Waals surface area contributed by atoms with Gasteiger partial charge in [0.25, 0.3) is 0 Å². The number of nitrogens with two attached hydrogens (primary N) is 1. The van der Waals surface area contributed by atoms with Gasteiger partial charge in [0.15, 0.2) is 0 Å². The van der Waals surface area contributed by atoms with Crippen LogP contribution in [0.5, 0.6) is 0 Å². The summed E-state index contributed by atoms with van der Waals surface area (Å²) in [6, 6.07) is 17.0. The van der Waals surface area contributed by atoms with Gasteiger partial charge in [-0.3, -0.25) is 0 Å². The number of benzene rings is 2. The van der Waals surface area contributed by atoms with E-state index in [0.717, 1.165) is 11.1 Å². The van der Waals surface area contributed by atoms with E-state index < -0.39 is 5.60 Å². The van der Waals surface area contributed by atoms with Gasteiger partial charge in [0, 0.05) is 5.02 Å². The Morgan fingerprint density at radius 1 is 1.05 bits per heavy atom. The van der Waals surface area contributed by atoms with E-state index in [9.17, 15) is 5.11 Å². The standard InChI is InChI=1S/C17H20ClNO2/c18-16-8-6-14(7-9-16)12-21-13-17(20,10-11-19)15-4-2-1-3-5-15/h1-9,20H,10-13,19H2. The van der Waals surface area contributed by atoms with Gasteiger partial charge in [-0.05, 0) is 36.2 Å². The number of aliphatic hydroxyl groups is 1. The van der Waals surface area contributed by atoms with E-state index in [2.05, 4.69) is 0 Å². The summed E-state index contributed by atoms with van der Waals surface area (Å²) in [5.74, 6) is 0. The second-order valence-electron chi connectivity index (χ2n) is 5.06. The molecule has 4 heteroatoms. The van der Waals surface area contributed by atoms with Crippen LogP contribution in [-0.4, -0.2) is 18.3 Å². The third kappa shape index (κ3) is 4.55. The molecule has 0 bridgehead atoms. The van der Waals surface area contributed by atoms with Crippen LogP contribution in [0.15, 0.2) is 54.6 Å². The highest BCUT2D eigenvalue weighted by molar-refractivity contribution is 6.30. The monoisotopic (exact) mass is 305 g/mol. The van der Waals surface area contributed by atoms with Gasteiger partial charge in [-0.2, -0.15) is 0 Å². The van der Waals surface area contributed by atoms with E-state index in [1.165, 1.54) is 0 Å². The molecule has 1 unspecified atom stereocenters. The molecule has 2 aromatic carbocycles. The predicted octanol–water partition coefficient (Wildman–Crippen LogP) is 3.09. The summed E-state index contributed by atoms with van der Waals surface area (Å²) in [6.45, 7) is 1.03. The molecular formula is C17H20ClNO2. The maximum Gasteiger partial charge on any atom is 0.114 e. The Kier molecular flexibility index (Phi) is 5.76. The van der Waals surface area contributed by atoms with Crippen molar-refractivity contribution >= 4 is 11.6 Å². The lowest BCUT2D eigenvalue weighted by Gasteiger charge is -2.28. The Bertz CT molecular complexity index is 544. The van der Waals surface area contributed by atoms with Gasteiger partial charge in [-0.1, -0.05) is 54.1 Å². The van der Waals surface area contributed by atoms with E-state index in [-0.39, 0.29) is 6.61 Å². The molecule has 112 valence electrons. The molecule has 0 aliphatic carbocycles. The number of rotatable bonds is 7. The quantitative estimate of drug-likeness (QED) is 0.826. The predicted molar refractivity (Wildman–Crippen MR) is 85.1 cm³/mol. The Morgan fingerprint density at radius 3 is 2.33 bits per heavy atom. The van der Waals surface area contributed by atoms with Crippen molar-refractivity contribution in [3.63, 3.8) is 0 Å². The van der Waals surface area contributed by atoms with Crippen LogP contribution in [0.4, 0.5) is 0 Å². The van der Waals surface area contributed by atoms with Crippen molar-refractivity contribution in [2.24, 2.45) is 5.73 Å². The zero-order chi connectivity index (χ0) is 15.1. The SMILES string of the molecule is NCCC(O)(COCc1ccc(Cl)cc1)c1ccccc1. The van der Waals surface area contributed by atoms with Crippen LogP contribution in [0.2, 0.25) is 5.02 Å². The van der Waals surface area contributed by atoms with Gasteiger partial charge < -0.3 is 15.6 Å². The Hall–Kier alpha value is -1.39. The van der Waals surface area contributed by atoms with Crippen molar-refractivity contribution in [3.8, 4) is 0 Å². The van der Waals surface area contributed by atoms with Crippen molar-refractivity contribution in [2.45, 2.75) is 18.6 Å². The zero-order valence-corrected chi connectivity index (χ0v) is 12.6. The highest BCUT2D eigenvalue weighted by Crippen LogP contribution is 2.25. The summed E-state index contributed by atoms with van der Waals surface area (Å²) < 4.78 is 5.68. The third-order valence-corrected chi connectivity index (χ3v) is 3.64. The molecule has 0 aromatic heterocycles. The molecule has 0 aliphatic rings. The molecule has 0 saturated carbocycles. The zero-order valence-electron chi connectivity index (χ0n) is 11.8. The smallest absolute Gasteiger partial charge is 0.114 e. The van der Waals surface area contributed by atoms with Crippen LogP contribution in [0.25, 0.3) is 0 Å². The lowest BCUT2D eigenvalue weighted by Crippen LogP contribution is -2.34. The first-order valence-corrected chi connectivity index (χ1v) is 7.32. The van der Waals surface area contributed by atoms with Gasteiger partial charge in [0.1, 0.15) is 5.60 Å². The molecule has 0 radical (unpaired) electrons. The Morgan fingerprint density at radius 2 is 1.71 bits per heavy atom. The molecule has 2 aromatic rings. The summed E-state index contributed by atoms with van der Waals surface area (Å²) >= 11 is 5.84. The number of ether oxygens (including phenoxy) is 1. The van der Waals surface area contributed by atoms with Crippen LogP contribution in [0, 0.1) is 0 Å². The third-order valence-electron chi connectivity index (χ3n) is 3.39. The lowest BCUT2D eigenvalue weighted by atomic mass is 9.91. The van der Waals surface area contributed by atoms with E-state index >= 15 is 0 Å². The van der Waals surface area contributed by atoms with Gasteiger partial charge >= 0.3 is 0 Å². The van der Waals surface area contributed by atoms with Crippen molar-refractivity contribution < 1.29 is 9.84 Å². The fraction of sp³-hybridized carbons (Fsp3) is 0.294. The van der Waals surface area contributed by atoms with Gasteiger partial charge in [0.2, 0.25) is 0 Å². The fourth-order valence-electron chi connectivity index (χ4n) is 2.21. The second kappa shape index (κ2) is 7.57. The summed E-state index contributed by atoms with van der Waals surface area (Å²) in [7, 11) is 0. The number of hydrogen-bond donors (Lipinski definition) is 2. The molecule has 0 amide bonds. The molecular weight excluding hydrogens is 286 g/mol. The normalized spacial score (nSPS) is 13.9. The fourth-order valence-corrected chi connectivity index (χ4v) is 2.33. The van der Waals surface area contributed by atoms with E-state index in [0.29, 0.717) is 24.6 Å². The van der Waals surface area contributed by atoms with Crippen molar-refractivity contribution in [1.82, 2.24) is 0 Å². The molecule has 3 N–H and O–H groups in total. The molecule has 0 saturated heterocycles. The maximum atomic E-state index is 10.8.